The third kappa shape index (κ3) is 4.36. The Morgan fingerprint density at radius 1 is 1.15 bits per heavy atom. The van der Waals surface area contributed by atoms with E-state index in [1.807, 2.05) is 6.08 Å². The smallest absolute Gasteiger partial charge is 0.350 e. The number of carbonyl (C=O) groups is 3. The first-order valence-electron chi connectivity index (χ1n) is 6.51. The van der Waals surface area contributed by atoms with Crippen molar-refractivity contribution in [2.45, 2.75) is 51.2 Å². The summed E-state index contributed by atoms with van der Waals surface area (Å²) in [6.45, 7) is 2.58. The summed E-state index contributed by atoms with van der Waals surface area (Å²) in [5.74, 6) is -1.51. The van der Waals surface area contributed by atoms with E-state index in [4.69, 9.17) is 14.2 Å². The van der Waals surface area contributed by atoms with Crippen LogP contribution in [0.1, 0.15) is 39.5 Å². The van der Waals surface area contributed by atoms with Gasteiger partial charge in [-0.3, -0.25) is 9.59 Å². The maximum atomic E-state index is 12.0. The summed E-state index contributed by atoms with van der Waals surface area (Å²) in [6.07, 6.45) is 4.69. The summed E-state index contributed by atoms with van der Waals surface area (Å²) < 4.78 is 15.1. The molecule has 1 rings (SSSR count). The Morgan fingerprint density at radius 2 is 1.85 bits per heavy atom. The van der Waals surface area contributed by atoms with Crippen molar-refractivity contribution in [3.8, 4) is 0 Å². The third-order valence-electron chi connectivity index (χ3n) is 3.11. The van der Waals surface area contributed by atoms with Crippen LogP contribution in [0.3, 0.4) is 0 Å². The van der Waals surface area contributed by atoms with Gasteiger partial charge in [-0.2, -0.15) is 0 Å². The molecule has 0 heterocycles. The van der Waals surface area contributed by atoms with Gasteiger partial charge in [-0.25, -0.2) is 4.79 Å². The average molecular weight is 284 g/mol. The van der Waals surface area contributed by atoms with Gasteiger partial charge in [0, 0.05) is 26.7 Å². The molecule has 2 atom stereocenters. The lowest BCUT2D eigenvalue weighted by atomic mass is 9.88. The first kappa shape index (κ1) is 16.2. The van der Waals surface area contributed by atoms with Crippen LogP contribution < -0.4 is 0 Å². The standard InChI is InChI=1S/C14H20O6/c1-10(15)19-12-6-4-5-8-14(9-7-12,13(17)18-3)20-11(2)16/h4,6,12H,5,7-9H2,1-3H3/b6-4+/t12-,14-/m0/s1. The second-order valence-electron chi connectivity index (χ2n) is 4.73. The van der Waals surface area contributed by atoms with E-state index in [1.54, 1.807) is 6.08 Å². The van der Waals surface area contributed by atoms with Crippen LogP contribution >= 0.6 is 0 Å². The first-order chi connectivity index (χ1) is 9.39. The van der Waals surface area contributed by atoms with Crippen molar-refractivity contribution in [1.82, 2.24) is 0 Å². The maximum absolute atomic E-state index is 12.0. The molecule has 0 spiro atoms. The van der Waals surface area contributed by atoms with E-state index in [0.717, 1.165) is 0 Å². The highest BCUT2D eigenvalue weighted by Crippen LogP contribution is 2.30. The first-order valence-corrected chi connectivity index (χ1v) is 6.51. The number of rotatable bonds is 3. The highest BCUT2D eigenvalue weighted by atomic mass is 16.6. The summed E-state index contributed by atoms with van der Waals surface area (Å²) in [6, 6.07) is 0. The zero-order valence-corrected chi connectivity index (χ0v) is 12.0. The van der Waals surface area contributed by atoms with Crippen LogP contribution in [0.15, 0.2) is 12.2 Å². The molecule has 0 aromatic heterocycles. The SMILES string of the molecule is COC(=O)[C@]1(OC(C)=O)CC/C=C/[C@H](OC(C)=O)CC1. The van der Waals surface area contributed by atoms with Crippen molar-refractivity contribution in [2.75, 3.05) is 7.11 Å². The Morgan fingerprint density at radius 3 is 2.40 bits per heavy atom. The number of hydrogen-bond donors (Lipinski definition) is 0. The molecule has 0 unspecified atom stereocenters. The van der Waals surface area contributed by atoms with Gasteiger partial charge in [-0.05, 0) is 18.9 Å². The maximum Gasteiger partial charge on any atom is 0.350 e. The van der Waals surface area contributed by atoms with Gasteiger partial charge in [-0.15, -0.1) is 0 Å². The Labute approximate surface area is 118 Å². The van der Waals surface area contributed by atoms with Gasteiger partial charge < -0.3 is 14.2 Å². The van der Waals surface area contributed by atoms with Crippen molar-refractivity contribution < 1.29 is 28.6 Å². The second-order valence-corrected chi connectivity index (χ2v) is 4.73. The zero-order valence-electron chi connectivity index (χ0n) is 12.0. The summed E-state index contributed by atoms with van der Waals surface area (Å²) in [4.78, 5) is 34.3. The molecule has 0 amide bonds. The molecule has 0 aromatic rings. The minimum absolute atomic E-state index is 0.252. The number of esters is 3. The van der Waals surface area contributed by atoms with Crippen LogP contribution in [0.5, 0.6) is 0 Å². The monoisotopic (exact) mass is 284 g/mol. The van der Waals surface area contributed by atoms with Crippen molar-refractivity contribution in [2.24, 2.45) is 0 Å². The highest BCUT2D eigenvalue weighted by Gasteiger charge is 2.43. The van der Waals surface area contributed by atoms with Gasteiger partial charge >= 0.3 is 17.9 Å². The molecule has 0 aliphatic heterocycles. The molecule has 0 fully saturated rings. The third-order valence-corrected chi connectivity index (χ3v) is 3.11. The number of ether oxygens (including phenoxy) is 3. The zero-order chi connectivity index (χ0) is 15.2. The fraction of sp³-hybridized carbons (Fsp3) is 0.643. The van der Waals surface area contributed by atoms with E-state index >= 15 is 0 Å². The van der Waals surface area contributed by atoms with E-state index in [9.17, 15) is 14.4 Å². The summed E-state index contributed by atoms with van der Waals surface area (Å²) in [5, 5.41) is 0. The highest BCUT2D eigenvalue weighted by molar-refractivity contribution is 5.83. The Hall–Kier alpha value is -1.85. The van der Waals surface area contributed by atoms with Crippen molar-refractivity contribution in [3.05, 3.63) is 12.2 Å². The molecule has 0 radical (unpaired) electrons. The largest absolute Gasteiger partial charge is 0.466 e. The number of hydrogen-bond acceptors (Lipinski definition) is 6. The normalized spacial score (nSPS) is 27.6. The topological polar surface area (TPSA) is 78.9 Å². The fourth-order valence-electron chi connectivity index (χ4n) is 2.28. The number of allylic oxidation sites excluding steroid dienone is 1. The minimum atomic E-state index is -1.30. The molecule has 0 bridgehead atoms. The molecular weight excluding hydrogens is 264 g/mol. The summed E-state index contributed by atoms with van der Waals surface area (Å²) in [5.41, 5.74) is -1.30. The lowest BCUT2D eigenvalue weighted by Gasteiger charge is -2.32. The predicted octanol–water partition coefficient (Wildman–Crippen LogP) is 1.52. The van der Waals surface area contributed by atoms with Gasteiger partial charge in [0.05, 0.1) is 7.11 Å². The molecule has 0 saturated heterocycles. The molecule has 20 heavy (non-hydrogen) atoms. The fourth-order valence-corrected chi connectivity index (χ4v) is 2.28. The minimum Gasteiger partial charge on any atom is -0.466 e. The molecule has 1 aliphatic rings. The lowest BCUT2D eigenvalue weighted by molar-refractivity contribution is -0.182. The van der Waals surface area contributed by atoms with Crippen LogP contribution in [-0.4, -0.2) is 36.7 Å². The van der Waals surface area contributed by atoms with Crippen molar-refractivity contribution in [1.29, 1.82) is 0 Å². The van der Waals surface area contributed by atoms with Gasteiger partial charge in [0.1, 0.15) is 6.10 Å². The quantitative estimate of drug-likeness (QED) is 0.444. The molecular formula is C14H20O6. The van der Waals surface area contributed by atoms with E-state index in [0.29, 0.717) is 19.3 Å². The Balaban J connectivity index is 2.90. The van der Waals surface area contributed by atoms with E-state index < -0.39 is 29.6 Å². The van der Waals surface area contributed by atoms with Gasteiger partial charge in [0.15, 0.2) is 0 Å². The Bertz CT molecular complexity index is 414. The predicted molar refractivity (Wildman–Crippen MR) is 69.7 cm³/mol. The number of methoxy groups -OCH3 is 1. The van der Waals surface area contributed by atoms with E-state index in [1.165, 1.54) is 21.0 Å². The molecule has 0 N–H and O–H groups in total. The van der Waals surface area contributed by atoms with Crippen molar-refractivity contribution in [3.63, 3.8) is 0 Å². The van der Waals surface area contributed by atoms with Crippen LogP contribution in [0, 0.1) is 0 Å². The van der Waals surface area contributed by atoms with Gasteiger partial charge in [-0.1, -0.05) is 6.08 Å². The molecule has 112 valence electrons. The molecule has 1 aliphatic carbocycles. The van der Waals surface area contributed by atoms with E-state index in [2.05, 4.69) is 0 Å². The second kappa shape index (κ2) is 7.07. The van der Waals surface area contributed by atoms with Gasteiger partial charge in [0.25, 0.3) is 0 Å². The summed E-state index contributed by atoms with van der Waals surface area (Å²) >= 11 is 0. The molecule has 6 nitrogen and oxygen atoms in total. The van der Waals surface area contributed by atoms with Gasteiger partial charge in [0.2, 0.25) is 5.60 Å². The summed E-state index contributed by atoms with van der Waals surface area (Å²) in [7, 11) is 1.26. The molecule has 0 aromatic carbocycles. The lowest BCUT2D eigenvalue weighted by Crippen LogP contribution is -2.45. The number of carbonyl (C=O) groups excluding carboxylic acids is 3. The van der Waals surface area contributed by atoms with E-state index in [-0.39, 0.29) is 6.42 Å². The van der Waals surface area contributed by atoms with Crippen LogP contribution in [0.2, 0.25) is 0 Å². The van der Waals surface area contributed by atoms with Crippen LogP contribution in [-0.2, 0) is 28.6 Å². The average Bonchev–Trinajstić information content (AvgIpc) is 2.35. The van der Waals surface area contributed by atoms with Crippen LogP contribution in [0.25, 0.3) is 0 Å². The van der Waals surface area contributed by atoms with Crippen LogP contribution in [0.4, 0.5) is 0 Å². The Kier molecular flexibility index (Phi) is 5.73. The molecule has 0 saturated carbocycles. The van der Waals surface area contributed by atoms with Crippen molar-refractivity contribution >= 4 is 17.9 Å². The molecule has 6 heteroatoms.